The van der Waals surface area contributed by atoms with Gasteiger partial charge in [0.25, 0.3) is 0 Å². The lowest BCUT2D eigenvalue weighted by Crippen LogP contribution is -2.17. The maximum atomic E-state index is 13.2. The number of aliphatic imine (C=N–C) groups is 1. The molecule has 1 aromatic rings. The molecule has 1 saturated carbocycles. The third-order valence-corrected chi connectivity index (χ3v) is 9.32. The Hall–Kier alpha value is -3.47. The molecule has 184 valence electrons. The van der Waals surface area contributed by atoms with Gasteiger partial charge < -0.3 is 4.90 Å². The van der Waals surface area contributed by atoms with Crippen LogP contribution in [0.4, 0.5) is 4.39 Å². The fourth-order valence-electron chi connectivity index (χ4n) is 5.17. The predicted molar refractivity (Wildman–Crippen MR) is 142 cm³/mol. The van der Waals surface area contributed by atoms with E-state index >= 15 is 0 Å². The number of hydrogen-bond acceptors (Lipinski definition) is 4. The van der Waals surface area contributed by atoms with Crippen molar-refractivity contribution < 1.29 is 12.8 Å². The second-order valence-corrected chi connectivity index (χ2v) is 11.8. The van der Waals surface area contributed by atoms with E-state index in [1.807, 2.05) is 13.1 Å². The van der Waals surface area contributed by atoms with Gasteiger partial charge in [0.15, 0.2) is 0 Å². The molecule has 0 amide bonds. The number of allylic oxidation sites excluding steroid dienone is 9. The summed E-state index contributed by atoms with van der Waals surface area (Å²) in [5, 5.41) is 0. The minimum Gasteiger partial charge on any atom is -0.354 e. The van der Waals surface area contributed by atoms with E-state index in [1.54, 1.807) is 6.20 Å². The van der Waals surface area contributed by atoms with E-state index in [9.17, 15) is 12.8 Å². The lowest BCUT2D eigenvalue weighted by Gasteiger charge is -2.25. The van der Waals surface area contributed by atoms with E-state index in [4.69, 9.17) is 0 Å². The van der Waals surface area contributed by atoms with Crippen LogP contribution in [-0.2, 0) is 9.84 Å². The van der Waals surface area contributed by atoms with Crippen LogP contribution in [0, 0.1) is 11.7 Å². The van der Waals surface area contributed by atoms with Gasteiger partial charge in [0.2, 0.25) is 9.84 Å². The molecule has 6 heteroatoms. The molecular formula is C30H29FN2O2S. The third-order valence-electron chi connectivity index (χ3n) is 7.41. The van der Waals surface area contributed by atoms with Crippen molar-refractivity contribution in [1.82, 2.24) is 4.90 Å². The molecule has 2 aliphatic heterocycles. The Kier molecular flexibility index (Phi) is 6.42. The number of nitrogens with zero attached hydrogens (tertiary/aromatic N) is 2. The van der Waals surface area contributed by atoms with Crippen LogP contribution in [0.5, 0.6) is 0 Å². The molecular weight excluding hydrogens is 471 g/mol. The van der Waals surface area contributed by atoms with Crippen molar-refractivity contribution in [2.45, 2.75) is 43.4 Å². The molecule has 5 rings (SSSR count). The predicted octanol–water partition coefficient (Wildman–Crippen LogP) is 6.71. The summed E-state index contributed by atoms with van der Waals surface area (Å²) in [4.78, 5) is 7.06. The molecule has 0 saturated heterocycles. The smallest absolute Gasteiger partial charge is 0.202 e. The summed E-state index contributed by atoms with van der Waals surface area (Å²) in [6.45, 7) is 8.05. The van der Waals surface area contributed by atoms with Crippen LogP contribution in [0.1, 0.15) is 38.5 Å². The Morgan fingerprint density at radius 2 is 1.89 bits per heavy atom. The summed E-state index contributed by atoms with van der Waals surface area (Å²) in [6, 6.07) is 4.95. The molecule has 4 aliphatic rings. The molecule has 0 bridgehead atoms. The Balaban J connectivity index is 1.29. The number of rotatable bonds is 5. The Morgan fingerprint density at radius 1 is 1.17 bits per heavy atom. The fraction of sp³-hybridized carbons (Fsp3) is 0.267. The zero-order valence-corrected chi connectivity index (χ0v) is 21.2. The first kappa shape index (κ1) is 24.2. The van der Waals surface area contributed by atoms with Crippen molar-refractivity contribution >= 4 is 15.5 Å². The Bertz CT molecular complexity index is 1470. The van der Waals surface area contributed by atoms with E-state index in [2.05, 4.69) is 47.1 Å². The summed E-state index contributed by atoms with van der Waals surface area (Å²) in [7, 11) is -1.66. The van der Waals surface area contributed by atoms with Gasteiger partial charge in [0.05, 0.1) is 16.8 Å². The first-order valence-electron chi connectivity index (χ1n) is 12.2. The van der Waals surface area contributed by atoms with Gasteiger partial charge in [-0.1, -0.05) is 18.7 Å². The fourth-order valence-corrected chi connectivity index (χ4v) is 6.64. The van der Waals surface area contributed by atoms with E-state index in [0.717, 1.165) is 42.7 Å². The maximum Gasteiger partial charge on any atom is 0.202 e. The van der Waals surface area contributed by atoms with Gasteiger partial charge in [0.1, 0.15) is 5.82 Å². The second kappa shape index (κ2) is 9.53. The van der Waals surface area contributed by atoms with Gasteiger partial charge in [-0.05, 0) is 97.2 Å². The number of halogens is 1. The molecule has 0 aromatic heterocycles. The van der Waals surface area contributed by atoms with Crippen LogP contribution in [0.25, 0.3) is 0 Å². The van der Waals surface area contributed by atoms with Gasteiger partial charge in [-0.3, -0.25) is 0 Å². The molecule has 0 spiro atoms. The van der Waals surface area contributed by atoms with Gasteiger partial charge in [-0.2, -0.15) is 0 Å². The Labute approximate surface area is 212 Å². The molecule has 2 heterocycles. The van der Waals surface area contributed by atoms with Crippen LogP contribution in [0.3, 0.4) is 0 Å². The third kappa shape index (κ3) is 4.67. The van der Waals surface area contributed by atoms with Crippen molar-refractivity contribution in [3.63, 3.8) is 0 Å². The van der Waals surface area contributed by atoms with Crippen molar-refractivity contribution in [1.29, 1.82) is 0 Å². The first-order valence-corrected chi connectivity index (χ1v) is 13.6. The van der Waals surface area contributed by atoms with Crippen LogP contribution in [0.15, 0.2) is 122 Å². The first-order chi connectivity index (χ1) is 17.2. The maximum absolute atomic E-state index is 13.2. The lowest BCUT2D eigenvalue weighted by molar-refractivity contribution is 0.475. The van der Waals surface area contributed by atoms with Gasteiger partial charge in [-0.15, -0.1) is 5.73 Å². The molecule has 0 radical (unpaired) electrons. The quantitative estimate of drug-likeness (QED) is 0.333. The topological polar surface area (TPSA) is 49.7 Å². The van der Waals surface area contributed by atoms with E-state index in [1.165, 1.54) is 46.6 Å². The van der Waals surface area contributed by atoms with Crippen LogP contribution in [0.2, 0.25) is 0 Å². The van der Waals surface area contributed by atoms with Crippen LogP contribution < -0.4 is 0 Å². The zero-order chi connectivity index (χ0) is 25.4. The van der Waals surface area contributed by atoms with Gasteiger partial charge in [-0.25, -0.2) is 17.8 Å². The lowest BCUT2D eigenvalue weighted by atomic mass is 9.85. The van der Waals surface area contributed by atoms with Crippen molar-refractivity contribution in [2.75, 3.05) is 7.05 Å². The zero-order valence-electron chi connectivity index (χ0n) is 20.4. The molecule has 4 nitrogen and oxygen atoms in total. The second-order valence-electron chi connectivity index (χ2n) is 9.75. The van der Waals surface area contributed by atoms with Gasteiger partial charge in [0, 0.05) is 35.8 Å². The van der Waals surface area contributed by atoms with E-state index in [-0.39, 0.29) is 15.7 Å². The standard InChI is InChI=1S/C30H29FN2O2S/c1-20-15-26(19-33(20)3)25-17-24-5-4-14-32-30(29(24)18-25)16-22-6-8-23(9-7-22)21(2)36(34,35)28-12-10-27(31)11-13-28/h5,10-14,16,18-19,23H,1-2,6-9,15,17H2,3H3. The number of sulfone groups is 1. The minimum atomic E-state index is -3.69. The molecule has 0 unspecified atom stereocenters. The van der Waals surface area contributed by atoms with Crippen molar-refractivity contribution in [3.05, 3.63) is 118 Å². The average molecular weight is 501 g/mol. The highest BCUT2D eigenvalue weighted by Gasteiger charge is 2.29. The summed E-state index contributed by atoms with van der Waals surface area (Å²) in [5.74, 6) is -0.583. The molecule has 1 aromatic carbocycles. The minimum absolute atomic E-state index is 0.0952. The van der Waals surface area contributed by atoms with Crippen molar-refractivity contribution in [2.24, 2.45) is 10.9 Å². The van der Waals surface area contributed by atoms with Gasteiger partial charge >= 0.3 is 0 Å². The average Bonchev–Trinajstić information content (AvgIpc) is 3.38. The SMILES string of the molecule is C=C1CC(C2=CC3=C(C=C=CN=C3C=C3CCC(C(=C)S(=O)(=O)c4ccc(F)cc4)CC3)C2)=CN1C. The summed E-state index contributed by atoms with van der Waals surface area (Å²) < 4.78 is 39.2. The monoisotopic (exact) mass is 500 g/mol. The number of hydrogen-bond donors (Lipinski definition) is 0. The summed E-state index contributed by atoms with van der Waals surface area (Å²) >= 11 is 0. The van der Waals surface area contributed by atoms with Crippen molar-refractivity contribution in [3.8, 4) is 0 Å². The molecule has 1 fully saturated rings. The highest BCUT2D eigenvalue weighted by Crippen LogP contribution is 2.40. The largest absolute Gasteiger partial charge is 0.354 e. The Morgan fingerprint density at radius 3 is 2.56 bits per heavy atom. The molecule has 2 aliphatic carbocycles. The molecule has 36 heavy (non-hydrogen) atoms. The normalized spacial score (nSPS) is 21.8. The number of benzene rings is 1. The highest BCUT2D eigenvalue weighted by molar-refractivity contribution is 7.95. The van der Waals surface area contributed by atoms with Crippen LogP contribution in [-0.4, -0.2) is 26.1 Å². The van der Waals surface area contributed by atoms with E-state index < -0.39 is 15.7 Å². The molecule has 0 N–H and O–H groups in total. The molecule has 0 atom stereocenters. The summed E-state index contributed by atoms with van der Waals surface area (Å²) in [6.07, 6.45) is 15.0. The summed E-state index contributed by atoms with van der Waals surface area (Å²) in [5.41, 5.74) is 11.4. The van der Waals surface area contributed by atoms with E-state index in [0.29, 0.717) is 12.8 Å². The van der Waals surface area contributed by atoms with Crippen LogP contribution >= 0.6 is 0 Å². The highest BCUT2D eigenvalue weighted by atomic mass is 32.2.